The zero-order valence-corrected chi connectivity index (χ0v) is 30.8. The van der Waals surface area contributed by atoms with Gasteiger partial charge in [-0.25, -0.2) is 19.6 Å². The maximum Gasteiger partial charge on any atom is 0.408 e. The summed E-state index contributed by atoms with van der Waals surface area (Å²) in [4.78, 5) is 56.1. The number of aromatic nitrogens is 4. The molecule has 6 rings (SSSR count). The zero-order valence-electron chi connectivity index (χ0n) is 30.8. The van der Waals surface area contributed by atoms with Gasteiger partial charge in [0.1, 0.15) is 24.3 Å². The number of carbonyl (C=O) groups excluding carboxylic acids is 3. The number of nitrogens with one attached hydrogen (secondary N) is 4. The Kier molecular flexibility index (Phi) is 11.6. The molecule has 53 heavy (non-hydrogen) atoms. The number of amides is 3. The first-order chi connectivity index (χ1) is 25.6. The van der Waals surface area contributed by atoms with Crippen molar-refractivity contribution < 1.29 is 23.9 Å². The Labute approximate surface area is 309 Å². The highest BCUT2D eigenvalue weighted by Gasteiger charge is 2.37. The summed E-state index contributed by atoms with van der Waals surface area (Å²) in [6.45, 7) is 8.65. The van der Waals surface area contributed by atoms with Crippen LogP contribution in [0.3, 0.4) is 0 Å². The molecular weight excluding hydrogens is 670 g/mol. The number of alkyl carbamates (subject to hydrolysis) is 2. The monoisotopic (exact) mass is 717 g/mol. The number of carbonyl (C=O) groups is 3. The summed E-state index contributed by atoms with van der Waals surface area (Å²) in [5, 5.41) is 5.65. The van der Waals surface area contributed by atoms with E-state index >= 15 is 0 Å². The summed E-state index contributed by atoms with van der Waals surface area (Å²) in [6.07, 6.45) is 4.25. The van der Waals surface area contributed by atoms with E-state index in [2.05, 4.69) is 44.9 Å². The SMILES string of the molecule is COC(=O)N[C@H](C(=O)N1CCC[C@H]1c1nc(-c2ccc(-c3ccc(-c4c[nH]c([C@@H](NC(=O)OCc5ccccc5)C(C)C)n4)cc3)cc2)c[nH]1)C(C)C. The number of imidazole rings is 2. The molecule has 1 saturated heterocycles. The highest BCUT2D eigenvalue weighted by Crippen LogP contribution is 2.33. The van der Waals surface area contributed by atoms with Crippen LogP contribution in [0.1, 0.15) is 69.8 Å². The second kappa shape index (κ2) is 16.6. The topological polar surface area (TPSA) is 154 Å². The smallest absolute Gasteiger partial charge is 0.408 e. The number of hydrogen-bond acceptors (Lipinski definition) is 7. The normalized spacial score (nSPS) is 15.3. The number of likely N-dealkylation sites (tertiary alicyclic amines) is 1. The van der Waals surface area contributed by atoms with Gasteiger partial charge in [0.05, 0.1) is 30.6 Å². The van der Waals surface area contributed by atoms with Gasteiger partial charge in [-0.2, -0.15) is 0 Å². The van der Waals surface area contributed by atoms with Crippen LogP contribution in [0, 0.1) is 11.8 Å². The molecule has 0 saturated carbocycles. The number of rotatable bonds is 12. The van der Waals surface area contributed by atoms with Crippen LogP contribution in [0.15, 0.2) is 91.3 Å². The minimum atomic E-state index is -0.682. The summed E-state index contributed by atoms with van der Waals surface area (Å²) < 4.78 is 10.2. The molecule has 5 aromatic rings. The Morgan fingerprint density at radius 2 is 1.38 bits per heavy atom. The van der Waals surface area contributed by atoms with Crippen LogP contribution in [0.5, 0.6) is 0 Å². The van der Waals surface area contributed by atoms with Gasteiger partial charge in [0.25, 0.3) is 0 Å². The molecule has 3 atom stereocenters. The highest BCUT2D eigenvalue weighted by molar-refractivity contribution is 5.86. The van der Waals surface area contributed by atoms with Crippen LogP contribution in [0.2, 0.25) is 0 Å². The molecule has 12 heteroatoms. The molecule has 3 aromatic carbocycles. The number of hydrogen-bond donors (Lipinski definition) is 4. The molecule has 3 amide bonds. The summed E-state index contributed by atoms with van der Waals surface area (Å²) >= 11 is 0. The van der Waals surface area contributed by atoms with Crippen molar-refractivity contribution in [3.63, 3.8) is 0 Å². The Hall–Kier alpha value is -5.91. The fraction of sp³-hybridized carbons (Fsp3) is 0.341. The maximum absolute atomic E-state index is 13.5. The lowest BCUT2D eigenvalue weighted by atomic mass is 10.0. The van der Waals surface area contributed by atoms with Crippen LogP contribution in [0.25, 0.3) is 33.6 Å². The van der Waals surface area contributed by atoms with Gasteiger partial charge in [-0.15, -0.1) is 0 Å². The van der Waals surface area contributed by atoms with E-state index < -0.39 is 18.2 Å². The molecule has 0 radical (unpaired) electrons. The van der Waals surface area contributed by atoms with Gasteiger partial charge in [0, 0.05) is 30.1 Å². The molecular formula is C41H47N7O5. The molecule has 0 spiro atoms. The first-order valence-corrected chi connectivity index (χ1v) is 18.0. The average molecular weight is 718 g/mol. The third kappa shape index (κ3) is 8.77. The summed E-state index contributed by atoms with van der Waals surface area (Å²) in [5.74, 6) is 1.24. The van der Waals surface area contributed by atoms with E-state index in [4.69, 9.17) is 19.4 Å². The van der Waals surface area contributed by atoms with E-state index in [9.17, 15) is 14.4 Å². The first-order valence-electron chi connectivity index (χ1n) is 18.0. The molecule has 4 N–H and O–H groups in total. The van der Waals surface area contributed by atoms with Gasteiger partial charge in [0.15, 0.2) is 0 Å². The molecule has 2 aromatic heterocycles. The average Bonchev–Trinajstić information content (AvgIpc) is 3.97. The van der Waals surface area contributed by atoms with E-state index in [1.54, 1.807) is 0 Å². The number of methoxy groups -OCH3 is 1. The van der Waals surface area contributed by atoms with E-state index in [0.717, 1.165) is 57.9 Å². The molecule has 0 aliphatic carbocycles. The molecule has 0 unspecified atom stereocenters. The van der Waals surface area contributed by atoms with E-state index in [0.29, 0.717) is 12.4 Å². The Balaban J connectivity index is 1.08. The number of aromatic amines is 2. The summed E-state index contributed by atoms with van der Waals surface area (Å²) in [5.41, 5.74) is 6.52. The van der Waals surface area contributed by atoms with E-state index in [1.807, 2.05) is 99.6 Å². The van der Waals surface area contributed by atoms with Crippen LogP contribution >= 0.6 is 0 Å². The van der Waals surface area contributed by atoms with E-state index in [1.165, 1.54) is 7.11 Å². The lowest BCUT2D eigenvalue weighted by molar-refractivity contribution is -0.135. The summed E-state index contributed by atoms with van der Waals surface area (Å²) in [6, 6.07) is 24.8. The molecule has 1 aliphatic heterocycles. The van der Waals surface area contributed by atoms with E-state index in [-0.39, 0.29) is 36.4 Å². The van der Waals surface area contributed by atoms with Crippen molar-refractivity contribution in [1.29, 1.82) is 0 Å². The molecule has 1 fully saturated rings. The van der Waals surface area contributed by atoms with Crippen molar-refractivity contribution in [2.45, 2.75) is 65.3 Å². The van der Waals surface area contributed by atoms with Crippen molar-refractivity contribution in [3.05, 3.63) is 108 Å². The van der Waals surface area contributed by atoms with Crippen molar-refractivity contribution in [1.82, 2.24) is 35.5 Å². The lowest BCUT2D eigenvalue weighted by Crippen LogP contribution is -2.51. The van der Waals surface area contributed by atoms with Gasteiger partial charge in [-0.1, -0.05) is 107 Å². The zero-order chi connectivity index (χ0) is 37.5. The number of ether oxygens (including phenoxy) is 2. The Morgan fingerprint density at radius 1 is 0.774 bits per heavy atom. The van der Waals surface area contributed by atoms with Crippen LogP contribution in [0.4, 0.5) is 9.59 Å². The number of nitrogens with zero attached hydrogens (tertiary/aromatic N) is 3. The van der Waals surface area contributed by atoms with Crippen molar-refractivity contribution in [2.75, 3.05) is 13.7 Å². The molecule has 276 valence electrons. The van der Waals surface area contributed by atoms with Crippen LogP contribution < -0.4 is 10.6 Å². The molecule has 1 aliphatic rings. The van der Waals surface area contributed by atoms with Gasteiger partial charge in [-0.3, -0.25) is 4.79 Å². The maximum atomic E-state index is 13.5. The third-order valence-electron chi connectivity index (χ3n) is 9.58. The van der Waals surface area contributed by atoms with Crippen LogP contribution in [-0.2, 0) is 20.9 Å². The van der Waals surface area contributed by atoms with Crippen molar-refractivity contribution >= 4 is 18.1 Å². The molecule has 3 heterocycles. The van der Waals surface area contributed by atoms with Crippen molar-refractivity contribution in [2.24, 2.45) is 11.8 Å². The van der Waals surface area contributed by atoms with Gasteiger partial charge < -0.3 is 35.0 Å². The van der Waals surface area contributed by atoms with Gasteiger partial charge in [-0.05, 0) is 41.4 Å². The third-order valence-corrected chi connectivity index (χ3v) is 9.58. The molecule has 0 bridgehead atoms. The fourth-order valence-corrected chi connectivity index (χ4v) is 6.60. The highest BCUT2D eigenvalue weighted by atomic mass is 16.5. The van der Waals surface area contributed by atoms with Gasteiger partial charge >= 0.3 is 12.2 Å². The first kappa shape index (κ1) is 36.9. The minimum absolute atomic E-state index is 0.0811. The quantitative estimate of drug-likeness (QED) is 0.103. The fourth-order valence-electron chi connectivity index (χ4n) is 6.60. The predicted molar refractivity (Wildman–Crippen MR) is 202 cm³/mol. The van der Waals surface area contributed by atoms with Crippen LogP contribution in [-0.4, -0.2) is 62.6 Å². The van der Waals surface area contributed by atoms with Crippen molar-refractivity contribution in [3.8, 4) is 33.6 Å². The summed E-state index contributed by atoms with van der Waals surface area (Å²) in [7, 11) is 1.29. The standard InChI is InChI=1S/C41H47N7O5/c1-25(2)35(46-41(51)53-24-27-10-7-6-8-11-27)38-43-23-33(45-38)31-19-15-29(16-20-31)28-13-17-30(18-14-28)32-22-42-37(44-32)34-12-9-21-48(34)39(49)36(26(3)4)47-40(50)52-5/h6-8,10-11,13-20,22-23,25-26,34-36H,9,12,21,24H2,1-5H3,(H,42,44)(H,43,45)(H,46,51)(H,47,50)/t34-,35-,36-/m0/s1. The second-order valence-electron chi connectivity index (χ2n) is 14.0. The largest absolute Gasteiger partial charge is 0.453 e. The predicted octanol–water partition coefficient (Wildman–Crippen LogP) is 7.80. The minimum Gasteiger partial charge on any atom is -0.453 e. The Bertz CT molecular complexity index is 1990. The number of H-pyrrole nitrogens is 2. The number of benzene rings is 3. The Morgan fingerprint density at radius 3 is 1.98 bits per heavy atom. The molecule has 12 nitrogen and oxygen atoms in total. The second-order valence-corrected chi connectivity index (χ2v) is 14.0. The lowest BCUT2D eigenvalue weighted by Gasteiger charge is -2.29. The van der Waals surface area contributed by atoms with Gasteiger partial charge in [0.2, 0.25) is 5.91 Å².